The fourth-order valence-corrected chi connectivity index (χ4v) is 2.37. The molecule has 1 nitrogen and oxygen atoms in total. The first-order valence-corrected chi connectivity index (χ1v) is 7.01. The lowest BCUT2D eigenvalue weighted by atomic mass is 9.96. The molecule has 0 atom stereocenters. The summed E-state index contributed by atoms with van der Waals surface area (Å²) in [5.41, 5.74) is 5.03. The van der Waals surface area contributed by atoms with E-state index in [4.69, 9.17) is 4.42 Å². The van der Waals surface area contributed by atoms with Crippen LogP contribution in [0.5, 0.6) is 0 Å². The highest BCUT2D eigenvalue weighted by molar-refractivity contribution is 5.65. The van der Waals surface area contributed by atoms with Gasteiger partial charge in [0.15, 0.2) is 0 Å². The zero-order chi connectivity index (χ0) is 13.7. The molecular formula is C18H22O. The molecule has 0 aliphatic rings. The predicted octanol–water partition coefficient (Wildman–Crippen LogP) is 5.19. The molecular weight excluding hydrogens is 232 g/mol. The second kappa shape index (κ2) is 6.42. The third-order valence-corrected chi connectivity index (χ3v) is 3.56. The Hall–Kier alpha value is -1.76. The third kappa shape index (κ3) is 3.37. The molecule has 1 heterocycles. The van der Waals surface area contributed by atoms with Crippen LogP contribution in [-0.2, 0) is 12.8 Å². The number of allylic oxidation sites excluding steroid dienone is 1. The van der Waals surface area contributed by atoms with E-state index in [0.717, 1.165) is 24.2 Å². The molecule has 0 aliphatic heterocycles. The van der Waals surface area contributed by atoms with E-state index < -0.39 is 0 Å². The Kier molecular flexibility index (Phi) is 4.62. The van der Waals surface area contributed by atoms with Crippen molar-refractivity contribution in [3.63, 3.8) is 0 Å². The number of hydrogen-bond acceptors (Lipinski definition) is 1. The number of rotatable bonds is 6. The van der Waals surface area contributed by atoms with Gasteiger partial charge in [0.25, 0.3) is 0 Å². The first-order valence-electron chi connectivity index (χ1n) is 7.01. The normalized spacial score (nSPS) is 10.6. The van der Waals surface area contributed by atoms with E-state index in [0.29, 0.717) is 0 Å². The first-order chi connectivity index (χ1) is 9.22. The van der Waals surface area contributed by atoms with E-state index in [1.54, 1.807) is 0 Å². The van der Waals surface area contributed by atoms with Crippen LogP contribution in [0.25, 0.3) is 5.57 Å². The molecule has 100 valence electrons. The predicted molar refractivity (Wildman–Crippen MR) is 81.2 cm³/mol. The fourth-order valence-electron chi connectivity index (χ4n) is 2.37. The van der Waals surface area contributed by atoms with Crippen LogP contribution in [0.15, 0.2) is 47.6 Å². The first kappa shape index (κ1) is 13.7. The number of unbranched alkanes of at least 4 members (excludes halogenated alkanes) is 1. The smallest absolute Gasteiger partial charge is 0.104 e. The Morgan fingerprint density at radius 3 is 2.63 bits per heavy atom. The molecule has 1 aromatic carbocycles. The molecule has 1 heteroatoms. The standard InChI is InChI=1S/C18H22O/c1-4-5-11-18-15(3)19-13-17(18)12-14(2)16-9-7-6-8-10-16/h6-10,13H,2,4-5,11-12H2,1,3H3. The van der Waals surface area contributed by atoms with Crippen molar-refractivity contribution in [2.24, 2.45) is 0 Å². The summed E-state index contributed by atoms with van der Waals surface area (Å²) in [4.78, 5) is 0. The van der Waals surface area contributed by atoms with Crippen molar-refractivity contribution in [3.05, 3.63) is 65.6 Å². The molecule has 2 rings (SSSR count). The zero-order valence-corrected chi connectivity index (χ0v) is 11.9. The topological polar surface area (TPSA) is 13.1 Å². The van der Waals surface area contributed by atoms with Gasteiger partial charge in [-0.2, -0.15) is 0 Å². The van der Waals surface area contributed by atoms with Gasteiger partial charge in [-0.1, -0.05) is 50.3 Å². The maximum Gasteiger partial charge on any atom is 0.104 e. The number of hydrogen-bond donors (Lipinski definition) is 0. The quantitative estimate of drug-likeness (QED) is 0.691. The molecule has 0 N–H and O–H groups in total. The molecule has 19 heavy (non-hydrogen) atoms. The highest BCUT2D eigenvalue weighted by Crippen LogP contribution is 2.25. The molecule has 0 aliphatic carbocycles. The SMILES string of the molecule is C=C(Cc1coc(C)c1CCCC)c1ccccc1. The van der Waals surface area contributed by atoms with E-state index in [1.165, 1.54) is 29.5 Å². The van der Waals surface area contributed by atoms with Crippen LogP contribution in [0, 0.1) is 6.92 Å². The van der Waals surface area contributed by atoms with Gasteiger partial charge in [-0.05, 0) is 42.0 Å². The summed E-state index contributed by atoms with van der Waals surface area (Å²) < 4.78 is 5.59. The molecule has 0 saturated heterocycles. The molecule has 0 unspecified atom stereocenters. The Bertz CT molecular complexity index is 534. The van der Waals surface area contributed by atoms with Gasteiger partial charge in [-0.25, -0.2) is 0 Å². The van der Waals surface area contributed by atoms with E-state index in [-0.39, 0.29) is 0 Å². The number of furan rings is 1. The summed E-state index contributed by atoms with van der Waals surface area (Å²) in [7, 11) is 0. The van der Waals surface area contributed by atoms with Crippen LogP contribution in [0.4, 0.5) is 0 Å². The maximum atomic E-state index is 5.59. The minimum atomic E-state index is 0.875. The highest BCUT2D eigenvalue weighted by Gasteiger charge is 2.11. The van der Waals surface area contributed by atoms with Crippen molar-refractivity contribution in [1.82, 2.24) is 0 Å². The minimum Gasteiger partial charge on any atom is -0.469 e. The van der Waals surface area contributed by atoms with Crippen molar-refractivity contribution in [3.8, 4) is 0 Å². The largest absolute Gasteiger partial charge is 0.469 e. The lowest BCUT2D eigenvalue weighted by Gasteiger charge is -2.07. The van der Waals surface area contributed by atoms with Crippen molar-refractivity contribution < 1.29 is 4.42 Å². The lowest BCUT2D eigenvalue weighted by Crippen LogP contribution is -1.94. The van der Waals surface area contributed by atoms with Gasteiger partial charge in [0, 0.05) is 6.42 Å². The Balaban J connectivity index is 2.13. The third-order valence-electron chi connectivity index (χ3n) is 3.56. The van der Waals surface area contributed by atoms with E-state index >= 15 is 0 Å². The van der Waals surface area contributed by atoms with Crippen LogP contribution >= 0.6 is 0 Å². The van der Waals surface area contributed by atoms with Crippen molar-refractivity contribution in [2.45, 2.75) is 39.5 Å². The highest BCUT2D eigenvalue weighted by atomic mass is 16.3. The van der Waals surface area contributed by atoms with Gasteiger partial charge in [0.05, 0.1) is 6.26 Å². The second-order valence-electron chi connectivity index (χ2n) is 5.05. The van der Waals surface area contributed by atoms with E-state index in [2.05, 4.69) is 44.7 Å². The number of benzene rings is 1. The summed E-state index contributed by atoms with van der Waals surface area (Å²) in [5, 5.41) is 0. The van der Waals surface area contributed by atoms with Gasteiger partial charge < -0.3 is 4.42 Å². The average molecular weight is 254 g/mol. The minimum absolute atomic E-state index is 0.875. The fraction of sp³-hybridized carbons (Fsp3) is 0.333. The van der Waals surface area contributed by atoms with Crippen LogP contribution in [0.3, 0.4) is 0 Å². The molecule has 0 fully saturated rings. The van der Waals surface area contributed by atoms with E-state index in [9.17, 15) is 0 Å². The lowest BCUT2D eigenvalue weighted by molar-refractivity contribution is 0.527. The van der Waals surface area contributed by atoms with Gasteiger partial charge in [-0.15, -0.1) is 0 Å². The summed E-state index contributed by atoms with van der Waals surface area (Å²) in [5.74, 6) is 1.06. The molecule has 0 saturated carbocycles. The second-order valence-corrected chi connectivity index (χ2v) is 5.05. The molecule has 2 aromatic rings. The zero-order valence-electron chi connectivity index (χ0n) is 11.9. The maximum absolute atomic E-state index is 5.59. The Morgan fingerprint density at radius 2 is 1.95 bits per heavy atom. The Morgan fingerprint density at radius 1 is 1.21 bits per heavy atom. The van der Waals surface area contributed by atoms with Crippen LogP contribution in [0.2, 0.25) is 0 Å². The van der Waals surface area contributed by atoms with E-state index in [1.807, 2.05) is 12.3 Å². The monoisotopic (exact) mass is 254 g/mol. The summed E-state index contributed by atoms with van der Waals surface area (Å²) >= 11 is 0. The van der Waals surface area contributed by atoms with Gasteiger partial charge in [0.1, 0.15) is 5.76 Å². The molecule has 0 spiro atoms. The average Bonchev–Trinajstić information content (AvgIpc) is 2.78. The summed E-state index contributed by atoms with van der Waals surface area (Å²) in [6.45, 7) is 8.48. The van der Waals surface area contributed by atoms with Gasteiger partial charge in [0.2, 0.25) is 0 Å². The van der Waals surface area contributed by atoms with Gasteiger partial charge in [-0.3, -0.25) is 0 Å². The molecule has 0 radical (unpaired) electrons. The van der Waals surface area contributed by atoms with Gasteiger partial charge >= 0.3 is 0 Å². The summed E-state index contributed by atoms with van der Waals surface area (Å²) in [6.07, 6.45) is 6.31. The van der Waals surface area contributed by atoms with Crippen molar-refractivity contribution in [1.29, 1.82) is 0 Å². The summed E-state index contributed by atoms with van der Waals surface area (Å²) in [6, 6.07) is 10.4. The Labute approximate surface area is 116 Å². The molecule has 0 bridgehead atoms. The number of aryl methyl sites for hydroxylation is 1. The molecule has 0 amide bonds. The van der Waals surface area contributed by atoms with Crippen molar-refractivity contribution >= 4 is 5.57 Å². The molecule has 1 aromatic heterocycles. The van der Waals surface area contributed by atoms with Crippen LogP contribution in [-0.4, -0.2) is 0 Å². The van der Waals surface area contributed by atoms with Crippen molar-refractivity contribution in [2.75, 3.05) is 0 Å². The van der Waals surface area contributed by atoms with Crippen LogP contribution < -0.4 is 0 Å². The van der Waals surface area contributed by atoms with Crippen LogP contribution in [0.1, 0.15) is 42.2 Å².